The maximum absolute atomic E-state index is 11.0. The molecule has 0 saturated heterocycles. The van der Waals surface area contributed by atoms with Gasteiger partial charge in [-0.15, -0.1) is 0 Å². The SMILES string of the molecule is NC(=O)OC(=O)c1cncc(Br)n1. The van der Waals surface area contributed by atoms with Crippen molar-refractivity contribution < 1.29 is 14.3 Å². The Labute approximate surface area is 81.2 Å². The number of rotatable bonds is 1. The molecule has 0 bridgehead atoms. The van der Waals surface area contributed by atoms with Crippen LogP contribution in [0.5, 0.6) is 0 Å². The summed E-state index contributed by atoms with van der Waals surface area (Å²) in [4.78, 5) is 28.5. The third-order valence-electron chi connectivity index (χ3n) is 1.01. The average Bonchev–Trinajstić information content (AvgIpc) is 2.03. The molecule has 68 valence electrons. The first kappa shape index (κ1) is 9.59. The number of hydrogen-bond donors (Lipinski definition) is 1. The fourth-order valence-corrected chi connectivity index (χ4v) is 0.893. The molecule has 1 aromatic heterocycles. The highest BCUT2D eigenvalue weighted by Crippen LogP contribution is 2.04. The summed E-state index contributed by atoms with van der Waals surface area (Å²) in [6, 6.07) is 0. The number of nitrogens with two attached hydrogens (primary N) is 1. The summed E-state index contributed by atoms with van der Waals surface area (Å²) in [5.74, 6) is -0.929. The van der Waals surface area contributed by atoms with Gasteiger partial charge in [-0.2, -0.15) is 0 Å². The molecular formula is C6H4BrN3O3. The van der Waals surface area contributed by atoms with E-state index in [9.17, 15) is 9.59 Å². The van der Waals surface area contributed by atoms with E-state index in [4.69, 9.17) is 0 Å². The van der Waals surface area contributed by atoms with Gasteiger partial charge in [0.2, 0.25) is 0 Å². The van der Waals surface area contributed by atoms with Crippen LogP contribution in [0.25, 0.3) is 0 Å². The molecule has 0 radical (unpaired) electrons. The van der Waals surface area contributed by atoms with Gasteiger partial charge in [-0.05, 0) is 15.9 Å². The molecule has 0 aliphatic heterocycles. The lowest BCUT2D eigenvalue weighted by molar-refractivity contribution is 0.0631. The summed E-state index contributed by atoms with van der Waals surface area (Å²) in [6.45, 7) is 0. The molecule has 0 atom stereocenters. The molecule has 1 rings (SSSR count). The molecule has 0 saturated carbocycles. The third kappa shape index (κ3) is 2.79. The van der Waals surface area contributed by atoms with Crippen molar-refractivity contribution in [2.24, 2.45) is 5.73 Å². The summed E-state index contributed by atoms with van der Waals surface area (Å²) in [6.07, 6.45) is 1.38. The van der Waals surface area contributed by atoms with Crippen LogP contribution in [-0.2, 0) is 4.74 Å². The number of ether oxygens (including phenoxy) is 1. The predicted octanol–water partition coefficient (Wildman–Crippen LogP) is 0.475. The van der Waals surface area contributed by atoms with Crippen LogP contribution < -0.4 is 5.73 Å². The lowest BCUT2D eigenvalue weighted by atomic mass is 10.5. The fourth-order valence-electron chi connectivity index (χ4n) is 0.584. The van der Waals surface area contributed by atoms with Crippen LogP contribution in [0.2, 0.25) is 0 Å². The average molecular weight is 246 g/mol. The lowest BCUT2D eigenvalue weighted by Gasteiger charge is -1.97. The molecule has 2 N–H and O–H groups in total. The minimum Gasteiger partial charge on any atom is -0.371 e. The first-order valence-electron chi connectivity index (χ1n) is 3.09. The van der Waals surface area contributed by atoms with E-state index in [1.165, 1.54) is 6.20 Å². The molecule has 1 heterocycles. The highest BCUT2D eigenvalue weighted by Gasteiger charge is 2.12. The smallest absolute Gasteiger partial charge is 0.371 e. The number of esters is 1. The largest absolute Gasteiger partial charge is 0.412 e. The van der Waals surface area contributed by atoms with Crippen molar-refractivity contribution in [1.82, 2.24) is 9.97 Å². The zero-order valence-corrected chi connectivity index (χ0v) is 7.82. The molecule has 0 fully saturated rings. The van der Waals surface area contributed by atoms with Crippen molar-refractivity contribution in [3.05, 3.63) is 22.7 Å². The Morgan fingerprint density at radius 3 is 2.69 bits per heavy atom. The minimum absolute atomic E-state index is 0.0897. The van der Waals surface area contributed by atoms with Gasteiger partial charge in [0.15, 0.2) is 5.69 Å². The number of amides is 1. The van der Waals surface area contributed by atoms with E-state index in [2.05, 4.69) is 36.4 Å². The van der Waals surface area contributed by atoms with Crippen LogP contribution in [0.1, 0.15) is 10.5 Å². The van der Waals surface area contributed by atoms with Crippen molar-refractivity contribution in [3.8, 4) is 0 Å². The Hall–Kier alpha value is -1.50. The highest BCUT2D eigenvalue weighted by atomic mass is 79.9. The number of primary amides is 1. The molecule has 6 nitrogen and oxygen atoms in total. The van der Waals surface area contributed by atoms with Crippen molar-refractivity contribution in [2.45, 2.75) is 0 Å². The Morgan fingerprint density at radius 1 is 1.46 bits per heavy atom. The van der Waals surface area contributed by atoms with Gasteiger partial charge in [-0.1, -0.05) is 0 Å². The normalized spacial score (nSPS) is 9.31. The quantitative estimate of drug-likeness (QED) is 0.574. The van der Waals surface area contributed by atoms with Gasteiger partial charge in [0.1, 0.15) is 4.60 Å². The minimum atomic E-state index is -1.17. The van der Waals surface area contributed by atoms with Crippen LogP contribution in [-0.4, -0.2) is 22.0 Å². The van der Waals surface area contributed by atoms with Crippen LogP contribution in [0.4, 0.5) is 4.79 Å². The summed E-state index contributed by atoms with van der Waals surface area (Å²) in [5, 5.41) is 0. The Bertz CT molecular complexity index is 355. The number of nitrogens with zero attached hydrogens (tertiary/aromatic N) is 2. The van der Waals surface area contributed by atoms with E-state index in [0.717, 1.165) is 6.20 Å². The van der Waals surface area contributed by atoms with E-state index < -0.39 is 12.1 Å². The monoisotopic (exact) mass is 245 g/mol. The molecule has 0 aliphatic carbocycles. The molecule has 0 aliphatic rings. The van der Waals surface area contributed by atoms with E-state index in [1.54, 1.807) is 0 Å². The van der Waals surface area contributed by atoms with Crippen molar-refractivity contribution in [3.63, 3.8) is 0 Å². The summed E-state index contributed by atoms with van der Waals surface area (Å²) in [5.41, 5.74) is 4.54. The van der Waals surface area contributed by atoms with Crippen molar-refractivity contribution in [1.29, 1.82) is 0 Å². The summed E-state index contributed by atoms with van der Waals surface area (Å²) in [7, 11) is 0. The molecule has 7 heteroatoms. The second-order valence-electron chi connectivity index (χ2n) is 1.94. The molecule has 0 spiro atoms. The predicted molar refractivity (Wildman–Crippen MR) is 44.7 cm³/mol. The van der Waals surface area contributed by atoms with E-state index >= 15 is 0 Å². The second kappa shape index (κ2) is 3.94. The number of aromatic nitrogens is 2. The fraction of sp³-hybridized carbons (Fsp3) is 0. The Balaban J connectivity index is 2.83. The van der Waals surface area contributed by atoms with Crippen LogP contribution in [0, 0.1) is 0 Å². The zero-order valence-electron chi connectivity index (χ0n) is 6.23. The molecule has 13 heavy (non-hydrogen) atoms. The number of carbonyl (C=O) groups is 2. The Morgan fingerprint density at radius 2 is 2.15 bits per heavy atom. The van der Waals surface area contributed by atoms with E-state index in [0.29, 0.717) is 4.60 Å². The van der Waals surface area contributed by atoms with Gasteiger partial charge in [0.25, 0.3) is 0 Å². The summed E-state index contributed by atoms with van der Waals surface area (Å²) < 4.78 is 4.43. The van der Waals surface area contributed by atoms with E-state index in [1.807, 2.05) is 0 Å². The van der Waals surface area contributed by atoms with Gasteiger partial charge in [0.05, 0.1) is 12.4 Å². The van der Waals surface area contributed by atoms with Gasteiger partial charge in [-0.25, -0.2) is 14.6 Å². The zero-order chi connectivity index (χ0) is 9.84. The number of halogens is 1. The highest BCUT2D eigenvalue weighted by molar-refractivity contribution is 9.10. The Kier molecular flexibility index (Phi) is 2.91. The first-order valence-corrected chi connectivity index (χ1v) is 3.88. The van der Waals surface area contributed by atoms with Gasteiger partial charge in [-0.3, -0.25) is 4.98 Å². The molecule has 1 aromatic rings. The standard InChI is InChI=1S/C6H4BrN3O3/c7-4-2-9-1-3(10-4)5(11)13-6(8)12/h1-2H,(H2,8,12). The molecular weight excluding hydrogens is 242 g/mol. The van der Waals surface area contributed by atoms with Crippen LogP contribution >= 0.6 is 15.9 Å². The number of carbonyl (C=O) groups excluding carboxylic acids is 2. The topological polar surface area (TPSA) is 95.2 Å². The summed E-state index contributed by atoms with van der Waals surface area (Å²) >= 11 is 3.00. The van der Waals surface area contributed by atoms with Crippen molar-refractivity contribution in [2.75, 3.05) is 0 Å². The first-order chi connectivity index (χ1) is 6.09. The molecule has 1 amide bonds. The van der Waals surface area contributed by atoms with E-state index in [-0.39, 0.29) is 5.69 Å². The van der Waals surface area contributed by atoms with Crippen molar-refractivity contribution >= 4 is 28.0 Å². The lowest BCUT2D eigenvalue weighted by Crippen LogP contribution is -2.19. The second-order valence-corrected chi connectivity index (χ2v) is 2.75. The van der Waals surface area contributed by atoms with Crippen LogP contribution in [0.3, 0.4) is 0 Å². The maximum Gasteiger partial charge on any atom is 0.412 e. The molecule has 0 aromatic carbocycles. The van der Waals surface area contributed by atoms with Gasteiger partial charge >= 0.3 is 12.1 Å². The third-order valence-corrected chi connectivity index (χ3v) is 1.39. The van der Waals surface area contributed by atoms with Gasteiger partial charge < -0.3 is 10.5 Å². The van der Waals surface area contributed by atoms with Gasteiger partial charge in [0, 0.05) is 0 Å². The maximum atomic E-state index is 11.0. The van der Waals surface area contributed by atoms with Crippen LogP contribution in [0.15, 0.2) is 17.0 Å². The number of hydrogen-bond acceptors (Lipinski definition) is 5. The molecule has 0 unspecified atom stereocenters.